The van der Waals surface area contributed by atoms with Gasteiger partial charge in [0.05, 0.1) is 24.2 Å². The van der Waals surface area contributed by atoms with Crippen molar-refractivity contribution < 1.29 is 13.2 Å². The Morgan fingerprint density at radius 1 is 1.13 bits per heavy atom. The van der Waals surface area contributed by atoms with Crippen molar-refractivity contribution in [2.45, 2.75) is 17.9 Å². The molecule has 0 bridgehead atoms. The van der Waals surface area contributed by atoms with E-state index in [2.05, 4.69) is 15.9 Å². The first-order chi connectivity index (χ1) is 11.0. The lowest BCUT2D eigenvalue weighted by Crippen LogP contribution is -2.43. The topological polar surface area (TPSA) is 46.6 Å². The second-order valence-corrected chi connectivity index (χ2v) is 8.29. The average molecular weight is 396 g/mol. The summed E-state index contributed by atoms with van der Waals surface area (Å²) >= 11 is 3.51. The molecule has 1 saturated heterocycles. The lowest BCUT2D eigenvalue weighted by molar-refractivity contribution is 0.0318. The molecular weight excluding hydrogens is 378 g/mol. The molecule has 2 aromatic carbocycles. The van der Waals surface area contributed by atoms with Gasteiger partial charge in [0.15, 0.2) is 0 Å². The van der Waals surface area contributed by atoms with Crippen molar-refractivity contribution in [2.75, 3.05) is 19.8 Å². The molecule has 4 nitrogen and oxygen atoms in total. The predicted molar refractivity (Wildman–Crippen MR) is 92.8 cm³/mol. The minimum absolute atomic E-state index is 0.321. The first-order valence-corrected chi connectivity index (χ1v) is 9.64. The standard InChI is InChI=1S/C17H18BrNO3S/c1-13-6-8-14(9-7-13)23(20,21)19-10-11-22-12-17(19)15-4-2-3-5-16(15)18/h2-9,17H,10-12H2,1H3/t17-/m0/s1. The van der Waals surface area contributed by atoms with Gasteiger partial charge in [0.2, 0.25) is 10.0 Å². The van der Waals surface area contributed by atoms with E-state index < -0.39 is 10.0 Å². The molecule has 0 N–H and O–H groups in total. The van der Waals surface area contributed by atoms with Crippen LogP contribution in [0.15, 0.2) is 57.9 Å². The summed E-state index contributed by atoms with van der Waals surface area (Å²) in [6.45, 7) is 3.05. The zero-order chi connectivity index (χ0) is 16.4. The number of rotatable bonds is 3. The largest absolute Gasteiger partial charge is 0.378 e. The Labute approximate surface area is 145 Å². The third kappa shape index (κ3) is 3.35. The highest BCUT2D eigenvalue weighted by Gasteiger charge is 2.35. The fraction of sp³-hybridized carbons (Fsp3) is 0.294. The number of benzene rings is 2. The Hall–Kier alpha value is -1.21. The van der Waals surface area contributed by atoms with Crippen molar-refractivity contribution in [3.63, 3.8) is 0 Å². The zero-order valence-corrected chi connectivity index (χ0v) is 15.2. The molecule has 0 radical (unpaired) electrons. The van der Waals surface area contributed by atoms with Crippen molar-refractivity contribution in [3.8, 4) is 0 Å². The number of nitrogens with zero attached hydrogens (tertiary/aromatic N) is 1. The van der Waals surface area contributed by atoms with E-state index in [1.165, 1.54) is 0 Å². The molecule has 0 aromatic heterocycles. The van der Waals surface area contributed by atoms with E-state index in [0.717, 1.165) is 15.6 Å². The molecule has 122 valence electrons. The molecular formula is C17H18BrNO3S. The number of ether oxygens (including phenoxy) is 1. The molecule has 6 heteroatoms. The highest BCUT2D eigenvalue weighted by atomic mass is 79.9. The predicted octanol–water partition coefficient (Wildman–Crippen LogP) is 3.52. The Morgan fingerprint density at radius 3 is 2.52 bits per heavy atom. The van der Waals surface area contributed by atoms with Gasteiger partial charge in [-0.25, -0.2) is 8.42 Å². The van der Waals surface area contributed by atoms with Crippen LogP contribution in [0.2, 0.25) is 0 Å². The van der Waals surface area contributed by atoms with Crippen LogP contribution >= 0.6 is 15.9 Å². The van der Waals surface area contributed by atoms with E-state index in [1.807, 2.05) is 43.3 Å². The SMILES string of the molecule is Cc1ccc(S(=O)(=O)N2CCOC[C@H]2c2ccccc2Br)cc1. The van der Waals surface area contributed by atoms with Crippen LogP contribution in [0.4, 0.5) is 0 Å². The number of hydrogen-bond acceptors (Lipinski definition) is 3. The van der Waals surface area contributed by atoms with Crippen LogP contribution in [0.1, 0.15) is 17.2 Å². The molecule has 2 aromatic rings. The van der Waals surface area contributed by atoms with Crippen LogP contribution in [0.3, 0.4) is 0 Å². The monoisotopic (exact) mass is 395 g/mol. The number of sulfonamides is 1. The maximum absolute atomic E-state index is 13.0. The lowest BCUT2D eigenvalue weighted by Gasteiger charge is -2.35. The van der Waals surface area contributed by atoms with E-state index in [4.69, 9.17) is 4.74 Å². The lowest BCUT2D eigenvalue weighted by atomic mass is 10.1. The number of halogens is 1. The van der Waals surface area contributed by atoms with Crippen LogP contribution in [-0.2, 0) is 14.8 Å². The molecule has 23 heavy (non-hydrogen) atoms. The molecule has 0 aliphatic carbocycles. The minimum atomic E-state index is -3.56. The summed E-state index contributed by atoms with van der Waals surface area (Å²) in [5, 5.41) is 0. The molecule has 1 aliphatic rings. The Kier molecular flexibility index (Phi) is 4.87. The van der Waals surface area contributed by atoms with Crippen LogP contribution < -0.4 is 0 Å². The summed E-state index contributed by atoms with van der Waals surface area (Å²) in [6.07, 6.45) is 0. The Morgan fingerprint density at radius 2 is 1.83 bits per heavy atom. The smallest absolute Gasteiger partial charge is 0.243 e. The van der Waals surface area contributed by atoms with E-state index in [-0.39, 0.29) is 6.04 Å². The van der Waals surface area contributed by atoms with Gasteiger partial charge in [-0.15, -0.1) is 0 Å². The maximum atomic E-state index is 13.0. The number of morpholine rings is 1. The molecule has 1 heterocycles. The quantitative estimate of drug-likeness (QED) is 0.798. The Bertz CT molecular complexity index is 790. The molecule has 0 saturated carbocycles. The van der Waals surface area contributed by atoms with Gasteiger partial charge in [-0.3, -0.25) is 0 Å². The van der Waals surface area contributed by atoms with Crippen molar-refractivity contribution in [1.82, 2.24) is 4.31 Å². The second-order valence-electron chi connectivity index (χ2n) is 5.54. The van der Waals surface area contributed by atoms with Crippen molar-refractivity contribution >= 4 is 26.0 Å². The summed E-state index contributed by atoms with van der Waals surface area (Å²) in [7, 11) is -3.56. The first kappa shape index (κ1) is 16.6. The molecule has 0 unspecified atom stereocenters. The van der Waals surface area contributed by atoms with Gasteiger partial charge in [-0.1, -0.05) is 51.8 Å². The van der Waals surface area contributed by atoms with E-state index >= 15 is 0 Å². The third-order valence-electron chi connectivity index (χ3n) is 3.97. The summed E-state index contributed by atoms with van der Waals surface area (Å²) in [5.41, 5.74) is 1.95. The summed E-state index contributed by atoms with van der Waals surface area (Å²) in [4.78, 5) is 0.321. The minimum Gasteiger partial charge on any atom is -0.378 e. The highest BCUT2D eigenvalue weighted by Crippen LogP contribution is 2.33. The average Bonchev–Trinajstić information content (AvgIpc) is 2.56. The summed E-state index contributed by atoms with van der Waals surface area (Å²) in [5.74, 6) is 0. The molecule has 1 fully saturated rings. The van der Waals surface area contributed by atoms with Crippen molar-refractivity contribution in [3.05, 3.63) is 64.1 Å². The number of aryl methyl sites for hydroxylation is 1. The maximum Gasteiger partial charge on any atom is 0.243 e. The summed E-state index contributed by atoms with van der Waals surface area (Å²) < 4.78 is 34.1. The van der Waals surface area contributed by atoms with Gasteiger partial charge in [-0.2, -0.15) is 4.31 Å². The fourth-order valence-corrected chi connectivity index (χ4v) is 4.84. The van der Waals surface area contributed by atoms with E-state index in [9.17, 15) is 8.42 Å². The van der Waals surface area contributed by atoms with Gasteiger partial charge in [0.25, 0.3) is 0 Å². The number of hydrogen-bond donors (Lipinski definition) is 0. The normalized spacial score (nSPS) is 19.7. The molecule has 0 spiro atoms. The van der Waals surface area contributed by atoms with Crippen LogP contribution in [0, 0.1) is 6.92 Å². The molecule has 1 atom stereocenters. The van der Waals surface area contributed by atoms with Gasteiger partial charge in [-0.05, 0) is 30.7 Å². The third-order valence-corrected chi connectivity index (χ3v) is 6.62. The molecule has 1 aliphatic heterocycles. The zero-order valence-electron chi connectivity index (χ0n) is 12.8. The van der Waals surface area contributed by atoms with Crippen molar-refractivity contribution in [2.24, 2.45) is 0 Å². The molecule has 0 amide bonds. The first-order valence-electron chi connectivity index (χ1n) is 7.41. The van der Waals surface area contributed by atoms with Crippen LogP contribution in [-0.4, -0.2) is 32.5 Å². The van der Waals surface area contributed by atoms with Gasteiger partial charge < -0.3 is 4.74 Å². The van der Waals surface area contributed by atoms with E-state index in [1.54, 1.807) is 16.4 Å². The van der Waals surface area contributed by atoms with E-state index in [0.29, 0.717) is 24.7 Å². The van der Waals surface area contributed by atoms with Crippen LogP contribution in [0.5, 0.6) is 0 Å². The van der Waals surface area contributed by atoms with Gasteiger partial charge in [0.1, 0.15) is 0 Å². The van der Waals surface area contributed by atoms with Crippen LogP contribution in [0.25, 0.3) is 0 Å². The summed E-state index contributed by atoms with van der Waals surface area (Å²) in [6, 6.07) is 14.3. The fourth-order valence-electron chi connectivity index (χ4n) is 2.71. The highest BCUT2D eigenvalue weighted by molar-refractivity contribution is 9.10. The second kappa shape index (κ2) is 6.73. The van der Waals surface area contributed by atoms with Gasteiger partial charge >= 0.3 is 0 Å². The molecule has 3 rings (SSSR count). The van der Waals surface area contributed by atoms with Gasteiger partial charge in [0, 0.05) is 11.0 Å². The van der Waals surface area contributed by atoms with Crippen molar-refractivity contribution in [1.29, 1.82) is 0 Å². The Balaban J connectivity index is 2.01.